The van der Waals surface area contributed by atoms with E-state index >= 15 is 0 Å². The Hall–Kier alpha value is -2.34. The number of nitrogens with two attached hydrogens (primary N) is 1. The number of β-lactam (4-membered cyclic amide) rings is 1. The molecular formula is C16H21N7O7S3. The maximum absolute atomic E-state index is 13.0. The van der Waals surface area contributed by atoms with E-state index in [9.17, 15) is 24.3 Å². The summed E-state index contributed by atoms with van der Waals surface area (Å²) in [7, 11) is 2.90. The van der Waals surface area contributed by atoms with Crippen LogP contribution >= 0.6 is 35.3 Å². The lowest BCUT2D eigenvalue weighted by Crippen LogP contribution is -2.83. The van der Waals surface area contributed by atoms with Crippen LogP contribution in [0.1, 0.15) is 0 Å². The molecular weight excluding hydrogens is 498 g/mol. The molecule has 1 aromatic heterocycles. The zero-order valence-electron chi connectivity index (χ0n) is 17.4. The van der Waals surface area contributed by atoms with Gasteiger partial charge in [0.05, 0.1) is 5.75 Å². The number of tetrazole rings is 1. The van der Waals surface area contributed by atoms with Crippen LogP contribution in [0.15, 0.2) is 16.1 Å². The second-order valence-corrected chi connectivity index (χ2v) is 9.88. The summed E-state index contributed by atoms with van der Waals surface area (Å²) in [5, 5.41) is 33.6. The van der Waals surface area contributed by atoms with Crippen LogP contribution in [0.3, 0.4) is 0 Å². The average Bonchev–Trinajstić information content (AvgIpc) is 3.19. The van der Waals surface area contributed by atoms with Crippen molar-refractivity contribution in [1.29, 1.82) is 0 Å². The second-order valence-electron chi connectivity index (χ2n) is 6.96. The maximum atomic E-state index is 13.0. The molecule has 2 amide bonds. The minimum atomic E-state index is -1.73. The van der Waals surface area contributed by atoms with Gasteiger partial charge in [-0.3, -0.25) is 14.4 Å². The molecule has 3 rings (SSSR count). The van der Waals surface area contributed by atoms with Crippen LogP contribution < -0.4 is 11.1 Å². The van der Waals surface area contributed by atoms with Gasteiger partial charge in [-0.2, -0.15) is 0 Å². The van der Waals surface area contributed by atoms with E-state index in [-0.39, 0.29) is 17.3 Å². The summed E-state index contributed by atoms with van der Waals surface area (Å²) in [4.78, 5) is 49.4. The van der Waals surface area contributed by atoms with Crippen molar-refractivity contribution in [3.05, 3.63) is 11.0 Å². The number of nitrogens with one attached hydrogen (secondary N) is 1. The molecule has 5 N–H and O–H groups in total. The van der Waals surface area contributed by atoms with Gasteiger partial charge >= 0.3 is 11.9 Å². The van der Waals surface area contributed by atoms with Crippen molar-refractivity contribution in [1.82, 2.24) is 30.4 Å². The first-order chi connectivity index (χ1) is 15.6. The molecule has 14 nitrogen and oxygen atoms in total. The Bertz CT molecular complexity index is 989. The first-order valence-corrected chi connectivity index (χ1v) is 12.4. The molecule has 0 radical (unpaired) electrons. The summed E-state index contributed by atoms with van der Waals surface area (Å²) in [6, 6.07) is -2.36. The molecule has 1 fully saturated rings. The van der Waals surface area contributed by atoms with E-state index in [1.54, 1.807) is 12.5 Å². The van der Waals surface area contributed by atoms with E-state index in [0.29, 0.717) is 10.7 Å². The fourth-order valence-electron chi connectivity index (χ4n) is 3.17. The third-order valence-electron chi connectivity index (χ3n) is 4.81. The molecule has 17 heteroatoms. The second kappa shape index (κ2) is 10.3. The Morgan fingerprint density at radius 1 is 1.42 bits per heavy atom. The Balaban J connectivity index is 1.69. The zero-order chi connectivity index (χ0) is 24.3. The van der Waals surface area contributed by atoms with Gasteiger partial charge in [-0.05, 0) is 21.4 Å². The van der Waals surface area contributed by atoms with Gasteiger partial charge < -0.3 is 30.9 Å². The Labute approximate surface area is 200 Å². The number of carboxylic acids is 2. The van der Waals surface area contributed by atoms with Crippen molar-refractivity contribution < 1.29 is 34.1 Å². The van der Waals surface area contributed by atoms with Gasteiger partial charge in [0.25, 0.3) is 11.6 Å². The van der Waals surface area contributed by atoms with E-state index in [2.05, 4.69) is 20.8 Å². The van der Waals surface area contributed by atoms with Gasteiger partial charge in [0, 0.05) is 25.7 Å². The fraction of sp³-hybridized carbons (Fsp3) is 0.562. The van der Waals surface area contributed by atoms with Crippen molar-refractivity contribution in [2.75, 3.05) is 24.4 Å². The molecule has 1 aromatic rings. The largest absolute Gasteiger partial charge is 0.480 e. The molecule has 2 aliphatic rings. The molecule has 0 aromatic carbocycles. The van der Waals surface area contributed by atoms with Crippen LogP contribution in [-0.4, -0.2) is 107 Å². The highest BCUT2D eigenvalue weighted by Crippen LogP contribution is 2.47. The smallest absolute Gasteiger partial charge is 0.330 e. The van der Waals surface area contributed by atoms with Gasteiger partial charge in [-0.1, -0.05) is 11.8 Å². The number of aryl methyl sites for hydroxylation is 1. The monoisotopic (exact) mass is 519 g/mol. The molecule has 1 saturated heterocycles. The molecule has 180 valence electrons. The normalized spacial score (nSPS) is 25.0. The number of fused-ring (bicyclic) bond motifs is 1. The van der Waals surface area contributed by atoms with Crippen LogP contribution in [0.5, 0.6) is 0 Å². The number of rotatable bonds is 11. The van der Waals surface area contributed by atoms with Crippen molar-refractivity contribution in [3.8, 4) is 0 Å². The van der Waals surface area contributed by atoms with Crippen molar-refractivity contribution in [3.63, 3.8) is 0 Å². The average molecular weight is 520 g/mol. The Morgan fingerprint density at radius 3 is 2.73 bits per heavy atom. The highest BCUT2D eigenvalue weighted by Gasteiger charge is 2.67. The number of carboxylic acid groups (broad SMARTS) is 2. The van der Waals surface area contributed by atoms with Gasteiger partial charge in [0.15, 0.2) is 6.04 Å². The number of aromatic nitrogens is 4. The van der Waals surface area contributed by atoms with Gasteiger partial charge in [0.1, 0.15) is 11.4 Å². The number of amides is 2. The molecule has 0 saturated carbocycles. The van der Waals surface area contributed by atoms with Gasteiger partial charge in [-0.25, -0.2) is 9.48 Å². The number of ether oxygens (including phenoxy) is 1. The van der Waals surface area contributed by atoms with E-state index in [0.717, 1.165) is 28.4 Å². The number of carbonyl (C=O) groups excluding carboxylic acids is 2. The Morgan fingerprint density at radius 2 is 2.15 bits per heavy atom. The summed E-state index contributed by atoms with van der Waals surface area (Å²) in [6.07, 6.45) is 0. The van der Waals surface area contributed by atoms with E-state index in [1.165, 1.54) is 23.6 Å². The quantitative estimate of drug-likeness (QED) is 0.144. The lowest BCUT2D eigenvalue weighted by Gasteiger charge is -2.57. The minimum absolute atomic E-state index is 0.00682. The van der Waals surface area contributed by atoms with Crippen LogP contribution in [-0.2, 0) is 31.0 Å². The minimum Gasteiger partial charge on any atom is -0.480 e. The number of thioether (sulfide) groups is 3. The summed E-state index contributed by atoms with van der Waals surface area (Å²) in [5.41, 5.74) is 4.15. The third kappa shape index (κ3) is 4.96. The molecule has 3 heterocycles. The topological polar surface area (TPSA) is 203 Å². The number of hydrogen-bond donors (Lipinski definition) is 4. The van der Waals surface area contributed by atoms with Gasteiger partial charge in [0.2, 0.25) is 11.1 Å². The summed E-state index contributed by atoms with van der Waals surface area (Å²) < 4.78 is 6.81. The SMILES string of the molecule is CO[C@@]1(NC(=O)CSC[C@@H](N)C(=O)O)C(=O)N2C(C(=O)O)C(CSc3nnnn3C)=CSC21. The zero-order valence-corrected chi connectivity index (χ0v) is 19.9. The lowest BCUT2D eigenvalue weighted by atomic mass is 9.95. The van der Waals surface area contributed by atoms with Crippen LogP contribution in [0.4, 0.5) is 0 Å². The molecule has 4 atom stereocenters. The Kier molecular flexibility index (Phi) is 7.88. The molecule has 0 aliphatic carbocycles. The van der Waals surface area contributed by atoms with Crippen LogP contribution in [0, 0.1) is 0 Å². The maximum Gasteiger partial charge on any atom is 0.330 e. The number of nitrogens with zero attached hydrogens (tertiary/aromatic N) is 5. The van der Waals surface area contributed by atoms with E-state index in [4.69, 9.17) is 15.6 Å². The number of carbonyl (C=O) groups is 4. The summed E-state index contributed by atoms with van der Waals surface area (Å²) >= 11 is 3.38. The van der Waals surface area contributed by atoms with Crippen molar-refractivity contribution in [2.24, 2.45) is 12.8 Å². The number of aliphatic carboxylic acids is 2. The first kappa shape index (κ1) is 25.3. The van der Waals surface area contributed by atoms with Gasteiger partial charge in [-0.15, -0.1) is 28.6 Å². The fourth-order valence-corrected chi connectivity index (χ4v) is 6.22. The summed E-state index contributed by atoms with van der Waals surface area (Å²) in [5.74, 6) is -3.57. The first-order valence-electron chi connectivity index (χ1n) is 9.29. The van der Waals surface area contributed by atoms with Crippen molar-refractivity contribution >= 4 is 59.0 Å². The predicted molar refractivity (Wildman–Crippen MR) is 118 cm³/mol. The van der Waals surface area contributed by atoms with E-state index in [1.807, 2.05) is 0 Å². The molecule has 2 unspecified atom stereocenters. The van der Waals surface area contributed by atoms with E-state index < -0.39 is 46.9 Å². The molecule has 0 spiro atoms. The molecule has 0 bridgehead atoms. The third-order valence-corrected chi connectivity index (χ3v) is 8.21. The number of hydrogen-bond acceptors (Lipinski definition) is 12. The van der Waals surface area contributed by atoms with Crippen molar-refractivity contribution in [2.45, 2.75) is 28.3 Å². The standard InChI is InChI=1S/C16H21N7O7S3/c1-22-15(19-20-21-22)33-4-7-3-32-14-16(30-2,13(29)23(14)10(7)12(27)28)18-9(24)6-31-5-8(17)11(25)26/h3,8,10,14H,4-6,17H2,1-2H3,(H,18,24)(H,25,26)(H,27,28)/t8-,10?,14?,16+/m1/s1. The predicted octanol–water partition coefficient (Wildman–Crippen LogP) is -1.84. The van der Waals surface area contributed by atoms with Crippen LogP contribution in [0.2, 0.25) is 0 Å². The highest BCUT2D eigenvalue weighted by atomic mass is 32.2. The lowest BCUT2D eigenvalue weighted by molar-refractivity contribution is -0.201. The highest BCUT2D eigenvalue weighted by molar-refractivity contribution is 8.03. The molecule has 2 aliphatic heterocycles. The molecule has 33 heavy (non-hydrogen) atoms. The summed E-state index contributed by atoms with van der Waals surface area (Å²) in [6.45, 7) is 0. The number of methoxy groups -OCH3 is 1. The van der Waals surface area contributed by atoms with Crippen LogP contribution in [0.25, 0.3) is 0 Å².